The molecule has 1 aliphatic carbocycles. The van der Waals surface area contributed by atoms with E-state index in [1.54, 1.807) is 11.3 Å². The molecular formula is C15H19ClN2S2. The number of aromatic nitrogens is 2. The number of thioether (sulfide) groups is 1. The summed E-state index contributed by atoms with van der Waals surface area (Å²) in [5.74, 6) is 0.836. The number of rotatable bonds is 3. The number of aryl methyl sites for hydroxylation is 1. The van der Waals surface area contributed by atoms with E-state index in [0.717, 1.165) is 22.2 Å². The van der Waals surface area contributed by atoms with Crippen molar-refractivity contribution in [1.29, 1.82) is 0 Å². The van der Waals surface area contributed by atoms with Gasteiger partial charge in [-0.3, -0.25) is 0 Å². The molecule has 1 saturated carbocycles. The summed E-state index contributed by atoms with van der Waals surface area (Å²) >= 11 is 9.74. The highest BCUT2D eigenvalue weighted by molar-refractivity contribution is 8.00. The summed E-state index contributed by atoms with van der Waals surface area (Å²) in [6, 6.07) is 2.24. The molecule has 108 valence electrons. The lowest BCUT2D eigenvalue weighted by atomic mass is 9.91. The summed E-state index contributed by atoms with van der Waals surface area (Å²) in [5.41, 5.74) is 0. The number of hydrogen-bond donors (Lipinski definition) is 0. The van der Waals surface area contributed by atoms with Crippen molar-refractivity contribution in [3.8, 4) is 0 Å². The van der Waals surface area contributed by atoms with Gasteiger partial charge in [0, 0.05) is 15.5 Å². The van der Waals surface area contributed by atoms with Gasteiger partial charge < -0.3 is 0 Å². The second-order valence-corrected chi connectivity index (χ2v) is 8.34. The molecular weight excluding hydrogens is 308 g/mol. The van der Waals surface area contributed by atoms with Gasteiger partial charge in [0.1, 0.15) is 9.86 Å². The Kier molecular flexibility index (Phi) is 4.53. The second-order valence-electron chi connectivity index (χ2n) is 5.59. The molecule has 0 N–H and O–H groups in total. The number of nitrogens with zero attached hydrogens (tertiary/aromatic N) is 2. The first-order valence-electron chi connectivity index (χ1n) is 7.28. The van der Waals surface area contributed by atoms with Gasteiger partial charge in [0.25, 0.3) is 0 Å². The van der Waals surface area contributed by atoms with Crippen LogP contribution in [0.25, 0.3) is 10.2 Å². The average Bonchev–Trinajstić information content (AvgIpc) is 2.82. The maximum atomic E-state index is 6.09. The molecule has 20 heavy (non-hydrogen) atoms. The summed E-state index contributed by atoms with van der Waals surface area (Å²) in [5, 5.41) is 3.33. The Balaban J connectivity index is 1.91. The maximum Gasteiger partial charge on any atom is 0.224 e. The van der Waals surface area contributed by atoms with E-state index in [0.29, 0.717) is 10.5 Å². The lowest BCUT2D eigenvalue weighted by molar-refractivity contribution is 0.394. The van der Waals surface area contributed by atoms with Gasteiger partial charge in [0.15, 0.2) is 0 Å². The zero-order valence-electron chi connectivity index (χ0n) is 11.9. The van der Waals surface area contributed by atoms with Crippen LogP contribution in [0.3, 0.4) is 0 Å². The Bertz CT molecular complexity index is 611. The zero-order chi connectivity index (χ0) is 14.1. The van der Waals surface area contributed by atoms with Crippen LogP contribution in [0.15, 0.2) is 11.1 Å². The van der Waals surface area contributed by atoms with Crippen LogP contribution in [-0.2, 0) is 6.42 Å². The largest absolute Gasteiger partial charge is 0.224 e. The van der Waals surface area contributed by atoms with Gasteiger partial charge in [0.2, 0.25) is 5.28 Å². The summed E-state index contributed by atoms with van der Waals surface area (Å²) in [4.78, 5) is 11.3. The quantitative estimate of drug-likeness (QED) is 0.544. The fraction of sp³-hybridized carbons (Fsp3) is 0.600. The molecule has 0 spiro atoms. The van der Waals surface area contributed by atoms with Crippen LogP contribution in [-0.4, -0.2) is 15.2 Å². The third-order valence-electron chi connectivity index (χ3n) is 3.90. The Labute approximate surface area is 133 Å². The summed E-state index contributed by atoms with van der Waals surface area (Å²) in [6.07, 6.45) is 6.34. The smallest absolute Gasteiger partial charge is 0.211 e. The van der Waals surface area contributed by atoms with Gasteiger partial charge in [-0.2, -0.15) is 0 Å². The molecule has 2 heterocycles. The van der Waals surface area contributed by atoms with Crippen molar-refractivity contribution in [2.45, 2.75) is 56.2 Å². The summed E-state index contributed by atoms with van der Waals surface area (Å²) in [7, 11) is 0. The maximum absolute atomic E-state index is 6.09. The summed E-state index contributed by atoms with van der Waals surface area (Å²) in [6.45, 7) is 4.53. The van der Waals surface area contributed by atoms with E-state index in [4.69, 9.17) is 11.6 Å². The molecule has 0 aliphatic heterocycles. The van der Waals surface area contributed by atoms with Crippen LogP contribution in [0.2, 0.25) is 5.28 Å². The molecule has 2 aromatic rings. The highest BCUT2D eigenvalue weighted by atomic mass is 35.5. The van der Waals surface area contributed by atoms with Crippen LogP contribution in [0.5, 0.6) is 0 Å². The van der Waals surface area contributed by atoms with E-state index in [1.807, 2.05) is 11.8 Å². The van der Waals surface area contributed by atoms with E-state index < -0.39 is 0 Å². The number of hydrogen-bond acceptors (Lipinski definition) is 4. The minimum absolute atomic E-state index is 0.383. The van der Waals surface area contributed by atoms with Crippen LogP contribution in [0.1, 0.15) is 44.4 Å². The van der Waals surface area contributed by atoms with Crippen molar-refractivity contribution in [1.82, 2.24) is 9.97 Å². The summed E-state index contributed by atoms with van der Waals surface area (Å²) < 4.78 is 0. The van der Waals surface area contributed by atoms with Crippen molar-refractivity contribution in [2.75, 3.05) is 0 Å². The monoisotopic (exact) mass is 326 g/mol. The Morgan fingerprint density at radius 3 is 3.00 bits per heavy atom. The van der Waals surface area contributed by atoms with E-state index in [2.05, 4.69) is 29.9 Å². The minimum Gasteiger partial charge on any atom is -0.211 e. The van der Waals surface area contributed by atoms with Gasteiger partial charge in [-0.25, -0.2) is 9.97 Å². The first kappa shape index (κ1) is 14.6. The molecule has 1 fully saturated rings. The molecule has 0 saturated heterocycles. The van der Waals surface area contributed by atoms with Crippen molar-refractivity contribution >= 4 is 44.9 Å². The molecule has 2 nitrogen and oxygen atoms in total. The highest BCUT2D eigenvalue weighted by Gasteiger charge is 2.22. The van der Waals surface area contributed by atoms with Crippen molar-refractivity contribution in [2.24, 2.45) is 5.92 Å². The van der Waals surface area contributed by atoms with Gasteiger partial charge in [-0.1, -0.05) is 26.7 Å². The molecule has 0 radical (unpaired) electrons. The third-order valence-corrected chi connectivity index (χ3v) is 6.53. The molecule has 0 aromatic carbocycles. The number of halogens is 1. The minimum atomic E-state index is 0.383. The van der Waals surface area contributed by atoms with Gasteiger partial charge in [-0.05, 0) is 42.8 Å². The fourth-order valence-corrected chi connectivity index (χ4v) is 5.58. The predicted octanol–water partition coefficient (Wildman–Crippen LogP) is 5.58. The van der Waals surface area contributed by atoms with Crippen molar-refractivity contribution in [3.63, 3.8) is 0 Å². The molecule has 1 aliphatic rings. The van der Waals surface area contributed by atoms with Gasteiger partial charge in [0.05, 0.1) is 0 Å². The average molecular weight is 327 g/mol. The predicted molar refractivity (Wildman–Crippen MR) is 89.1 cm³/mol. The molecule has 0 bridgehead atoms. The molecule has 3 rings (SSSR count). The standard InChI is InChI=1S/C15H19ClN2S2/c1-3-10-8-12-13(19-10)17-15(16)18-14(12)20-11-6-4-5-9(2)7-11/h8-9,11H,3-7H2,1-2H3. The Morgan fingerprint density at radius 1 is 1.40 bits per heavy atom. The van der Waals surface area contributed by atoms with E-state index in [9.17, 15) is 0 Å². The molecule has 0 amide bonds. The fourth-order valence-electron chi connectivity index (χ4n) is 2.83. The van der Waals surface area contributed by atoms with E-state index in [1.165, 1.54) is 35.9 Å². The van der Waals surface area contributed by atoms with E-state index >= 15 is 0 Å². The highest BCUT2D eigenvalue weighted by Crippen LogP contribution is 2.39. The molecule has 2 atom stereocenters. The van der Waals surface area contributed by atoms with Crippen LogP contribution < -0.4 is 0 Å². The Hall–Kier alpha value is -0.320. The first-order chi connectivity index (χ1) is 9.65. The molecule has 2 unspecified atom stereocenters. The van der Waals surface area contributed by atoms with Crippen molar-refractivity contribution < 1.29 is 0 Å². The van der Waals surface area contributed by atoms with Crippen LogP contribution in [0, 0.1) is 5.92 Å². The topological polar surface area (TPSA) is 25.8 Å². The number of thiophene rings is 1. The molecule has 2 aromatic heterocycles. The lowest BCUT2D eigenvalue weighted by Crippen LogP contribution is -2.15. The van der Waals surface area contributed by atoms with Gasteiger partial charge in [-0.15, -0.1) is 23.1 Å². The van der Waals surface area contributed by atoms with Crippen LogP contribution >= 0.6 is 34.7 Å². The van der Waals surface area contributed by atoms with Crippen molar-refractivity contribution in [3.05, 3.63) is 16.2 Å². The zero-order valence-corrected chi connectivity index (χ0v) is 14.2. The lowest BCUT2D eigenvalue weighted by Gasteiger charge is -2.25. The first-order valence-corrected chi connectivity index (χ1v) is 9.35. The van der Waals surface area contributed by atoms with E-state index in [-0.39, 0.29) is 0 Å². The number of fused-ring (bicyclic) bond motifs is 1. The second kappa shape index (κ2) is 6.20. The Morgan fingerprint density at radius 2 is 2.25 bits per heavy atom. The van der Waals surface area contributed by atoms with Crippen LogP contribution in [0.4, 0.5) is 0 Å². The molecule has 5 heteroatoms. The SMILES string of the molecule is CCc1cc2c(SC3CCCC(C)C3)nc(Cl)nc2s1. The normalized spacial score (nSPS) is 23.4. The third kappa shape index (κ3) is 3.12. The van der Waals surface area contributed by atoms with Gasteiger partial charge >= 0.3 is 0 Å².